The maximum atomic E-state index is 9.02. The number of aliphatic hydroxyl groups excluding tert-OH is 1. The lowest BCUT2D eigenvalue weighted by molar-refractivity contribution is 0.233. The molecule has 1 atom stereocenters. The lowest BCUT2D eigenvalue weighted by Gasteiger charge is -2.10. The van der Waals surface area contributed by atoms with Gasteiger partial charge in [-0.15, -0.1) is 0 Å². The van der Waals surface area contributed by atoms with Crippen LogP contribution in [0, 0.1) is 12.8 Å². The molecule has 0 aliphatic rings. The minimum atomic E-state index is 0.211. The zero-order valence-corrected chi connectivity index (χ0v) is 14.8. The second-order valence-electron chi connectivity index (χ2n) is 6.51. The van der Waals surface area contributed by atoms with Gasteiger partial charge in [-0.25, -0.2) is 4.98 Å². The van der Waals surface area contributed by atoms with E-state index in [2.05, 4.69) is 35.4 Å². The summed E-state index contributed by atoms with van der Waals surface area (Å²) >= 11 is 0. The van der Waals surface area contributed by atoms with Gasteiger partial charge in [-0.3, -0.25) is 0 Å². The fourth-order valence-corrected chi connectivity index (χ4v) is 2.66. The summed E-state index contributed by atoms with van der Waals surface area (Å²) in [6, 6.07) is 12.1. The molecule has 0 fully saturated rings. The van der Waals surface area contributed by atoms with Crippen molar-refractivity contribution in [1.29, 1.82) is 0 Å². The van der Waals surface area contributed by atoms with Crippen molar-refractivity contribution in [1.82, 2.24) is 14.7 Å². The highest BCUT2D eigenvalue weighted by molar-refractivity contribution is 5.47. The Hall–Kier alpha value is -2.37. The van der Waals surface area contributed by atoms with E-state index in [-0.39, 0.29) is 12.5 Å². The Labute approximate surface area is 148 Å². The van der Waals surface area contributed by atoms with Gasteiger partial charge in [0.15, 0.2) is 0 Å². The van der Waals surface area contributed by atoms with Crippen molar-refractivity contribution < 1.29 is 9.84 Å². The monoisotopic (exact) mass is 339 g/mol. The summed E-state index contributed by atoms with van der Waals surface area (Å²) in [7, 11) is 0. The van der Waals surface area contributed by atoms with Crippen LogP contribution in [0.3, 0.4) is 0 Å². The van der Waals surface area contributed by atoms with Crippen LogP contribution in [0.1, 0.15) is 23.7 Å². The van der Waals surface area contributed by atoms with Crippen LogP contribution in [-0.2, 0) is 13.2 Å². The van der Waals surface area contributed by atoms with Crippen LogP contribution in [0.15, 0.2) is 48.8 Å². The molecule has 2 N–H and O–H groups in total. The molecule has 1 unspecified atom stereocenters. The molecular formula is C20H25N3O2. The molecule has 132 valence electrons. The van der Waals surface area contributed by atoms with E-state index in [0.29, 0.717) is 6.61 Å². The predicted octanol–water partition coefficient (Wildman–Crippen LogP) is 2.94. The van der Waals surface area contributed by atoms with Crippen LogP contribution < -0.4 is 10.1 Å². The SMILES string of the molecule is Cc1cccn2cc(COc3ccc(CNCC(C)CO)cc3)nc12. The molecule has 2 aromatic heterocycles. The van der Waals surface area contributed by atoms with Crippen molar-refractivity contribution in [3.05, 3.63) is 65.6 Å². The number of aryl methyl sites for hydroxylation is 1. The van der Waals surface area contributed by atoms with E-state index in [1.165, 1.54) is 5.56 Å². The zero-order valence-electron chi connectivity index (χ0n) is 14.8. The van der Waals surface area contributed by atoms with Gasteiger partial charge in [-0.2, -0.15) is 0 Å². The topological polar surface area (TPSA) is 58.8 Å². The summed E-state index contributed by atoms with van der Waals surface area (Å²) in [6.45, 7) is 6.33. The largest absolute Gasteiger partial charge is 0.487 e. The molecule has 5 heteroatoms. The first-order chi connectivity index (χ1) is 12.2. The van der Waals surface area contributed by atoms with Crippen LogP contribution in [-0.4, -0.2) is 27.6 Å². The number of aliphatic hydroxyl groups is 1. The number of benzene rings is 1. The molecule has 5 nitrogen and oxygen atoms in total. The van der Waals surface area contributed by atoms with E-state index < -0.39 is 0 Å². The average molecular weight is 339 g/mol. The van der Waals surface area contributed by atoms with Crippen LogP contribution in [0.4, 0.5) is 0 Å². The number of hydrogen-bond acceptors (Lipinski definition) is 4. The highest BCUT2D eigenvalue weighted by atomic mass is 16.5. The first-order valence-corrected chi connectivity index (χ1v) is 8.62. The molecule has 0 amide bonds. The molecule has 0 saturated heterocycles. The summed E-state index contributed by atoms with van der Waals surface area (Å²) in [4.78, 5) is 4.62. The van der Waals surface area contributed by atoms with E-state index in [4.69, 9.17) is 9.84 Å². The van der Waals surface area contributed by atoms with Crippen LogP contribution >= 0.6 is 0 Å². The Balaban J connectivity index is 1.53. The fourth-order valence-electron chi connectivity index (χ4n) is 2.66. The van der Waals surface area contributed by atoms with E-state index >= 15 is 0 Å². The summed E-state index contributed by atoms with van der Waals surface area (Å²) in [5.41, 5.74) is 4.24. The molecule has 0 saturated carbocycles. The Morgan fingerprint density at radius 2 is 2.04 bits per heavy atom. The third kappa shape index (κ3) is 4.59. The van der Waals surface area contributed by atoms with E-state index in [9.17, 15) is 0 Å². The van der Waals surface area contributed by atoms with Crippen molar-refractivity contribution in [2.45, 2.75) is 27.0 Å². The molecular weight excluding hydrogens is 314 g/mol. The van der Waals surface area contributed by atoms with Crippen LogP contribution in [0.2, 0.25) is 0 Å². The van der Waals surface area contributed by atoms with Gasteiger partial charge in [0.05, 0.1) is 5.69 Å². The number of nitrogens with one attached hydrogen (secondary N) is 1. The first-order valence-electron chi connectivity index (χ1n) is 8.62. The molecule has 0 radical (unpaired) electrons. The minimum Gasteiger partial charge on any atom is -0.487 e. The first kappa shape index (κ1) is 17.5. The van der Waals surface area contributed by atoms with Gasteiger partial charge in [0, 0.05) is 32.1 Å². The molecule has 0 spiro atoms. The maximum Gasteiger partial charge on any atom is 0.140 e. The Morgan fingerprint density at radius 1 is 1.24 bits per heavy atom. The smallest absolute Gasteiger partial charge is 0.140 e. The molecule has 0 aliphatic carbocycles. The molecule has 25 heavy (non-hydrogen) atoms. The van der Waals surface area contributed by atoms with Crippen molar-refractivity contribution in [2.75, 3.05) is 13.2 Å². The van der Waals surface area contributed by atoms with Crippen LogP contribution in [0.5, 0.6) is 5.75 Å². The molecule has 0 bridgehead atoms. The second kappa shape index (κ2) is 8.14. The minimum absolute atomic E-state index is 0.211. The Morgan fingerprint density at radius 3 is 2.76 bits per heavy atom. The molecule has 3 aromatic rings. The van der Waals surface area contributed by atoms with Crippen molar-refractivity contribution in [2.24, 2.45) is 5.92 Å². The van der Waals surface area contributed by atoms with E-state index in [1.807, 2.05) is 41.9 Å². The van der Waals surface area contributed by atoms with Gasteiger partial charge in [0.1, 0.15) is 18.0 Å². The number of imidazole rings is 1. The van der Waals surface area contributed by atoms with E-state index in [1.54, 1.807) is 0 Å². The molecule has 2 heterocycles. The average Bonchev–Trinajstić information content (AvgIpc) is 3.05. The molecule has 0 aliphatic heterocycles. The lowest BCUT2D eigenvalue weighted by atomic mass is 10.2. The van der Waals surface area contributed by atoms with E-state index in [0.717, 1.165) is 35.7 Å². The Kier molecular flexibility index (Phi) is 5.68. The van der Waals surface area contributed by atoms with Gasteiger partial charge >= 0.3 is 0 Å². The number of fused-ring (bicyclic) bond motifs is 1. The van der Waals surface area contributed by atoms with Crippen LogP contribution in [0.25, 0.3) is 5.65 Å². The number of rotatable bonds is 8. The van der Waals surface area contributed by atoms with Gasteiger partial charge in [-0.05, 0) is 42.2 Å². The number of hydrogen-bond donors (Lipinski definition) is 2. The number of pyridine rings is 1. The summed E-state index contributed by atoms with van der Waals surface area (Å²) < 4.78 is 7.87. The van der Waals surface area contributed by atoms with Gasteiger partial charge in [0.25, 0.3) is 0 Å². The normalized spacial score (nSPS) is 12.4. The third-order valence-corrected chi connectivity index (χ3v) is 4.17. The highest BCUT2D eigenvalue weighted by Gasteiger charge is 2.05. The fraction of sp³-hybridized carbons (Fsp3) is 0.350. The van der Waals surface area contributed by atoms with Crippen molar-refractivity contribution >= 4 is 5.65 Å². The maximum absolute atomic E-state index is 9.02. The highest BCUT2D eigenvalue weighted by Crippen LogP contribution is 2.15. The van der Waals surface area contributed by atoms with Gasteiger partial charge < -0.3 is 19.6 Å². The molecule has 1 aromatic carbocycles. The lowest BCUT2D eigenvalue weighted by Crippen LogP contribution is -2.22. The van der Waals surface area contributed by atoms with Gasteiger partial charge in [0.2, 0.25) is 0 Å². The quantitative estimate of drug-likeness (QED) is 0.662. The second-order valence-corrected chi connectivity index (χ2v) is 6.51. The zero-order chi connectivity index (χ0) is 17.6. The third-order valence-electron chi connectivity index (χ3n) is 4.17. The number of ether oxygens (including phenoxy) is 1. The molecule has 3 rings (SSSR count). The summed E-state index contributed by atoms with van der Waals surface area (Å²) in [6.07, 6.45) is 4.00. The Bertz CT molecular complexity index is 811. The summed E-state index contributed by atoms with van der Waals surface area (Å²) in [5.74, 6) is 1.11. The number of nitrogens with zero attached hydrogens (tertiary/aromatic N) is 2. The van der Waals surface area contributed by atoms with Crippen molar-refractivity contribution in [3.63, 3.8) is 0 Å². The summed E-state index contributed by atoms with van der Waals surface area (Å²) in [5, 5.41) is 12.4. The predicted molar refractivity (Wildman–Crippen MR) is 98.7 cm³/mol. The van der Waals surface area contributed by atoms with Gasteiger partial charge in [-0.1, -0.05) is 25.1 Å². The van der Waals surface area contributed by atoms with Crippen molar-refractivity contribution in [3.8, 4) is 5.75 Å². The number of aromatic nitrogens is 2. The standard InChI is InChI=1S/C20H25N3O2/c1-15(13-24)10-21-11-17-5-7-19(8-6-17)25-14-18-12-23-9-3-4-16(2)20(23)22-18/h3-9,12,15,21,24H,10-11,13-14H2,1-2H3.